The highest BCUT2D eigenvalue weighted by atomic mass is 32.2. The van der Waals surface area contributed by atoms with Crippen LogP contribution in [0.3, 0.4) is 0 Å². The highest BCUT2D eigenvalue weighted by Crippen LogP contribution is 2.28. The Hall–Kier alpha value is -1.27. The lowest BCUT2D eigenvalue weighted by molar-refractivity contribution is 0.290. The lowest BCUT2D eigenvalue weighted by Gasteiger charge is -2.26. The Labute approximate surface area is 120 Å². The molecule has 5 nitrogen and oxygen atoms in total. The van der Waals surface area contributed by atoms with Crippen molar-refractivity contribution in [2.24, 2.45) is 11.8 Å². The summed E-state index contributed by atoms with van der Waals surface area (Å²) in [4.78, 5) is 0.0944. The van der Waals surface area contributed by atoms with Gasteiger partial charge in [0.05, 0.1) is 10.6 Å². The zero-order valence-corrected chi connectivity index (χ0v) is 12.5. The van der Waals surface area contributed by atoms with E-state index in [4.69, 9.17) is 5.73 Å². The first-order chi connectivity index (χ1) is 9.38. The molecule has 0 saturated heterocycles. The Morgan fingerprint density at radius 2 is 1.95 bits per heavy atom. The molecule has 1 aromatic rings. The van der Waals surface area contributed by atoms with Crippen LogP contribution < -0.4 is 10.5 Å². The van der Waals surface area contributed by atoms with Gasteiger partial charge < -0.3 is 10.8 Å². The lowest BCUT2D eigenvalue weighted by atomic mass is 9.83. The molecule has 1 fully saturated rings. The van der Waals surface area contributed by atoms with Gasteiger partial charge in [-0.3, -0.25) is 0 Å². The average molecular weight is 298 g/mol. The second kappa shape index (κ2) is 6.01. The van der Waals surface area contributed by atoms with Crippen LogP contribution in [0.4, 0.5) is 5.69 Å². The third kappa shape index (κ3) is 3.64. The predicted octanol–water partition coefficient (Wildman–Crippen LogP) is 2.08. The maximum Gasteiger partial charge on any atom is 0.240 e. The monoisotopic (exact) mass is 298 g/mol. The van der Waals surface area contributed by atoms with Crippen molar-refractivity contribution in [3.05, 3.63) is 18.2 Å². The number of benzene rings is 1. The molecule has 0 aliphatic heterocycles. The molecule has 0 atom stereocenters. The number of phenols is 1. The van der Waals surface area contributed by atoms with Crippen LogP contribution in [0.25, 0.3) is 0 Å². The van der Waals surface area contributed by atoms with Crippen molar-refractivity contribution in [3.63, 3.8) is 0 Å². The Morgan fingerprint density at radius 1 is 1.30 bits per heavy atom. The Bertz CT molecular complexity index is 564. The lowest BCUT2D eigenvalue weighted by Crippen LogP contribution is -2.31. The van der Waals surface area contributed by atoms with Gasteiger partial charge in [0.2, 0.25) is 10.0 Å². The number of sulfonamides is 1. The molecule has 0 amide bonds. The summed E-state index contributed by atoms with van der Waals surface area (Å²) in [5, 5.41) is 9.33. The molecular weight excluding hydrogens is 276 g/mol. The summed E-state index contributed by atoms with van der Waals surface area (Å²) in [7, 11) is -3.55. The van der Waals surface area contributed by atoms with Crippen LogP contribution in [0.5, 0.6) is 5.75 Å². The van der Waals surface area contributed by atoms with E-state index in [0.717, 1.165) is 18.8 Å². The summed E-state index contributed by atoms with van der Waals surface area (Å²) in [6, 6.07) is 3.93. The summed E-state index contributed by atoms with van der Waals surface area (Å²) in [6.07, 6.45) is 4.47. The molecular formula is C14H22N2O3S. The van der Waals surface area contributed by atoms with Crippen LogP contribution in [-0.4, -0.2) is 20.1 Å². The topological polar surface area (TPSA) is 92.4 Å². The number of nitrogens with one attached hydrogen (secondary N) is 1. The van der Waals surface area contributed by atoms with Crippen molar-refractivity contribution in [3.8, 4) is 5.75 Å². The first-order valence-electron chi connectivity index (χ1n) is 6.96. The van der Waals surface area contributed by atoms with Gasteiger partial charge in [-0.15, -0.1) is 0 Å². The molecule has 0 bridgehead atoms. The van der Waals surface area contributed by atoms with Gasteiger partial charge in [0.15, 0.2) is 0 Å². The maximum absolute atomic E-state index is 12.2. The second-order valence-electron chi connectivity index (χ2n) is 5.70. The molecule has 4 N–H and O–H groups in total. The molecule has 20 heavy (non-hydrogen) atoms. The molecule has 0 unspecified atom stereocenters. The van der Waals surface area contributed by atoms with Gasteiger partial charge in [-0.05, 0) is 42.9 Å². The first kappa shape index (κ1) is 15.1. The largest absolute Gasteiger partial charge is 0.506 e. The molecule has 1 saturated carbocycles. The van der Waals surface area contributed by atoms with Gasteiger partial charge in [0.25, 0.3) is 0 Å². The quantitative estimate of drug-likeness (QED) is 0.586. The number of aromatic hydroxyl groups is 1. The summed E-state index contributed by atoms with van der Waals surface area (Å²) < 4.78 is 27.0. The minimum atomic E-state index is -3.55. The van der Waals surface area contributed by atoms with Gasteiger partial charge in [-0.25, -0.2) is 13.1 Å². The normalized spacial score (nSPS) is 23.6. The number of nitrogens with two attached hydrogens (primary N) is 1. The summed E-state index contributed by atoms with van der Waals surface area (Å²) in [6.45, 7) is 2.70. The Morgan fingerprint density at radius 3 is 2.55 bits per heavy atom. The molecule has 0 aromatic heterocycles. The van der Waals surface area contributed by atoms with Gasteiger partial charge >= 0.3 is 0 Å². The van der Waals surface area contributed by atoms with Crippen molar-refractivity contribution in [1.29, 1.82) is 0 Å². The molecule has 1 aromatic carbocycles. The molecule has 0 heterocycles. The molecule has 1 aliphatic rings. The van der Waals surface area contributed by atoms with Crippen molar-refractivity contribution < 1.29 is 13.5 Å². The number of anilines is 1. The van der Waals surface area contributed by atoms with Crippen LogP contribution in [-0.2, 0) is 10.0 Å². The van der Waals surface area contributed by atoms with Crippen LogP contribution in [0, 0.1) is 11.8 Å². The molecule has 6 heteroatoms. The smallest absolute Gasteiger partial charge is 0.240 e. The number of nitrogen functional groups attached to an aromatic ring is 1. The highest BCUT2D eigenvalue weighted by molar-refractivity contribution is 7.89. The predicted molar refractivity (Wildman–Crippen MR) is 78.8 cm³/mol. The van der Waals surface area contributed by atoms with Crippen LogP contribution in [0.1, 0.15) is 32.6 Å². The van der Waals surface area contributed by atoms with Crippen molar-refractivity contribution in [1.82, 2.24) is 4.72 Å². The number of phenolic OH excluding ortho intramolecular Hbond substituents is 1. The zero-order valence-electron chi connectivity index (χ0n) is 11.7. The van der Waals surface area contributed by atoms with E-state index in [9.17, 15) is 13.5 Å². The number of rotatable bonds is 4. The van der Waals surface area contributed by atoms with Crippen LogP contribution >= 0.6 is 0 Å². The zero-order chi connectivity index (χ0) is 14.8. The molecule has 2 rings (SSSR count). The van der Waals surface area contributed by atoms with Gasteiger partial charge in [0.1, 0.15) is 5.75 Å². The molecule has 1 aliphatic carbocycles. The number of hydrogen-bond acceptors (Lipinski definition) is 4. The number of hydrogen-bond donors (Lipinski definition) is 3. The van der Waals surface area contributed by atoms with E-state index in [1.165, 1.54) is 31.0 Å². The minimum Gasteiger partial charge on any atom is -0.506 e. The molecule has 112 valence electrons. The van der Waals surface area contributed by atoms with Gasteiger partial charge in [-0.2, -0.15) is 0 Å². The highest BCUT2D eigenvalue weighted by Gasteiger charge is 2.21. The fourth-order valence-electron chi connectivity index (χ4n) is 2.54. The summed E-state index contributed by atoms with van der Waals surface area (Å²) in [5.74, 6) is 1.06. The van der Waals surface area contributed by atoms with Crippen molar-refractivity contribution >= 4 is 15.7 Å². The molecule has 0 radical (unpaired) electrons. The fraction of sp³-hybridized carbons (Fsp3) is 0.571. The third-order valence-corrected chi connectivity index (χ3v) is 5.43. The van der Waals surface area contributed by atoms with E-state index in [-0.39, 0.29) is 16.3 Å². The summed E-state index contributed by atoms with van der Waals surface area (Å²) >= 11 is 0. The fourth-order valence-corrected chi connectivity index (χ4v) is 3.69. The Balaban J connectivity index is 1.98. The second-order valence-corrected chi connectivity index (χ2v) is 7.47. The summed E-state index contributed by atoms with van der Waals surface area (Å²) in [5.41, 5.74) is 5.60. The SMILES string of the molecule is CC1CCC(CNS(=O)(=O)c2ccc(O)c(N)c2)CC1. The minimum absolute atomic E-state index is 0.0689. The van der Waals surface area contributed by atoms with E-state index in [1.807, 2.05) is 0 Å². The van der Waals surface area contributed by atoms with Gasteiger partial charge in [0, 0.05) is 6.54 Å². The molecule has 0 spiro atoms. The first-order valence-corrected chi connectivity index (χ1v) is 8.45. The maximum atomic E-state index is 12.2. The van der Waals surface area contributed by atoms with E-state index in [2.05, 4.69) is 11.6 Å². The van der Waals surface area contributed by atoms with Gasteiger partial charge in [-0.1, -0.05) is 19.8 Å². The van der Waals surface area contributed by atoms with Crippen molar-refractivity contribution in [2.75, 3.05) is 12.3 Å². The average Bonchev–Trinajstić information content (AvgIpc) is 2.41. The van der Waals surface area contributed by atoms with Crippen molar-refractivity contribution in [2.45, 2.75) is 37.5 Å². The Kier molecular flexibility index (Phi) is 4.55. The standard InChI is InChI=1S/C14H22N2O3S/c1-10-2-4-11(5-3-10)9-16-20(18,19)12-6-7-14(17)13(15)8-12/h6-8,10-11,16-17H,2-5,9,15H2,1H3. The van der Waals surface area contributed by atoms with E-state index < -0.39 is 10.0 Å². The van der Waals surface area contributed by atoms with E-state index in [1.54, 1.807) is 0 Å². The van der Waals surface area contributed by atoms with Crippen LogP contribution in [0.15, 0.2) is 23.1 Å². The van der Waals surface area contributed by atoms with Crippen LogP contribution in [0.2, 0.25) is 0 Å². The van der Waals surface area contributed by atoms with E-state index >= 15 is 0 Å². The third-order valence-electron chi connectivity index (χ3n) is 4.01. The van der Waals surface area contributed by atoms with E-state index in [0.29, 0.717) is 12.5 Å².